The number of hydrogen-bond acceptors (Lipinski definition) is 3. The normalized spacial score (nSPS) is 19.7. The van der Waals surface area contributed by atoms with Crippen molar-refractivity contribution in [3.05, 3.63) is 70.9 Å². The van der Waals surface area contributed by atoms with E-state index in [4.69, 9.17) is 10.1 Å². The van der Waals surface area contributed by atoms with Crippen LogP contribution in [-0.2, 0) is 18.3 Å². The first-order valence-electron chi connectivity index (χ1n) is 10.3. The number of ether oxygens (including phenoxy) is 1. The summed E-state index contributed by atoms with van der Waals surface area (Å²) in [5.74, 6) is 0.882. The topological polar surface area (TPSA) is 36.3 Å². The minimum atomic E-state index is -0.192. The van der Waals surface area contributed by atoms with Crippen molar-refractivity contribution in [3.63, 3.8) is 0 Å². The van der Waals surface area contributed by atoms with E-state index in [1.165, 1.54) is 47.1 Å². The number of unbranched alkanes of at least 4 members (excludes halogenated alkanes) is 1. The summed E-state index contributed by atoms with van der Waals surface area (Å²) in [7, 11) is 1.72. The Bertz CT molecular complexity index is 853. The van der Waals surface area contributed by atoms with Crippen LogP contribution in [0.4, 0.5) is 5.69 Å². The van der Waals surface area contributed by atoms with E-state index in [0.717, 1.165) is 25.1 Å². The van der Waals surface area contributed by atoms with E-state index in [-0.39, 0.29) is 5.41 Å². The molecule has 0 radical (unpaired) electrons. The lowest BCUT2D eigenvalue weighted by atomic mass is 9.76. The predicted octanol–water partition coefficient (Wildman–Crippen LogP) is 5.91. The Kier molecular flexibility index (Phi) is 6.23. The average Bonchev–Trinajstić information content (AvgIpc) is 2.95. The molecule has 1 atom stereocenters. The lowest BCUT2D eigenvalue weighted by molar-refractivity contribution is 0.413. The van der Waals surface area contributed by atoms with Gasteiger partial charge in [0.1, 0.15) is 5.75 Å². The number of fused-ring (bicyclic) bond motifs is 1. The largest absolute Gasteiger partial charge is 0.497 e. The SMILES string of the molecule is CCCCc1ccc(CC2(C)/C(=C/C=N)N(CC)c3ccc(OC)cc32)cc1. The van der Waals surface area contributed by atoms with Gasteiger partial charge in [0.05, 0.1) is 7.11 Å². The van der Waals surface area contributed by atoms with Crippen LogP contribution in [0.2, 0.25) is 0 Å². The Morgan fingerprint density at radius 3 is 2.39 bits per heavy atom. The highest BCUT2D eigenvalue weighted by Crippen LogP contribution is 2.50. The molecular weight excluding hydrogens is 344 g/mol. The summed E-state index contributed by atoms with van der Waals surface area (Å²) in [4.78, 5) is 2.33. The number of aryl methyl sites for hydroxylation is 1. The van der Waals surface area contributed by atoms with Crippen LogP contribution in [0.1, 0.15) is 50.3 Å². The standard InChI is InChI=1S/C25H32N2O/c1-5-7-8-19-9-11-20(12-10-19)18-25(3)22-17-21(28-4)13-14-23(22)27(6-2)24(25)15-16-26/h9-17,26H,5-8,18H2,1-4H3/b24-15-,26-16?. The molecule has 0 spiro atoms. The van der Waals surface area contributed by atoms with Crippen molar-refractivity contribution < 1.29 is 4.74 Å². The molecule has 1 N–H and O–H groups in total. The molecule has 0 aliphatic carbocycles. The molecule has 3 nitrogen and oxygen atoms in total. The van der Waals surface area contributed by atoms with Gasteiger partial charge in [-0.3, -0.25) is 0 Å². The van der Waals surface area contributed by atoms with Gasteiger partial charge in [0.25, 0.3) is 0 Å². The molecule has 0 saturated carbocycles. The maximum absolute atomic E-state index is 7.71. The van der Waals surface area contributed by atoms with Crippen LogP contribution < -0.4 is 9.64 Å². The molecule has 1 aliphatic heterocycles. The molecule has 0 saturated heterocycles. The van der Waals surface area contributed by atoms with Crippen LogP contribution in [0.5, 0.6) is 5.75 Å². The molecule has 3 heteroatoms. The number of anilines is 1. The third kappa shape index (κ3) is 3.71. The fraction of sp³-hybridized carbons (Fsp3) is 0.400. The van der Waals surface area contributed by atoms with Gasteiger partial charge in [-0.25, -0.2) is 0 Å². The summed E-state index contributed by atoms with van der Waals surface area (Å²) in [6, 6.07) is 15.4. The van der Waals surface area contributed by atoms with E-state index in [1.807, 2.05) is 12.1 Å². The van der Waals surface area contributed by atoms with E-state index < -0.39 is 0 Å². The molecule has 0 fully saturated rings. The Balaban J connectivity index is 2.01. The highest BCUT2D eigenvalue weighted by molar-refractivity contribution is 5.79. The van der Waals surface area contributed by atoms with Gasteiger partial charge in [-0.15, -0.1) is 0 Å². The molecule has 1 heterocycles. The van der Waals surface area contributed by atoms with Crippen molar-refractivity contribution in [2.75, 3.05) is 18.6 Å². The van der Waals surface area contributed by atoms with Crippen LogP contribution in [0, 0.1) is 5.41 Å². The molecule has 0 amide bonds. The number of hydrogen-bond donors (Lipinski definition) is 1. The molecule has 0 aromatic heterocycles. The number of nitrogens with zero attached hydrogens (tertiary/aromatic N) is 1. The Morgan fingerprint density at radius 1 is 1.07 bits per heavy atom. The number of methoxy groups -OCH3 is 1. The number of allylic oxidation sites excluding steroid dienone is 2. The molecule has 3 rings (SSSR count). The van der Waals surface area contributed by atoms with Gasteiger partial charge in [-0.05, 0) is 74.1 Å². The predicted molar refractivity (Wildman–Crippen MR) is 119 cm³/mol. The van der Waals surface area contributed by atoms with Crippen LogP contribution in [-0.4, -0.2) is 19.9 Å². The van der Waals surface area contributed by atoms with Crippen molar-refractivity contribution in [1.29, 1.82) is 5.41 Å². The summed E-state index contributed by atoms with van der Waals surface area (Å²) >= 11 is 0. The first kappa shape index (κ1) is 20.2. The number of rotatable bonds is 8. The minimum Gasteiger partial charge on any atom is -0.497 e. The molecule has 28 heavy (non-hydrogen) atoms. The number of likely N-dealkylation sites (N-methyl/N-ethyl adjacent to an activating group) is 1. The maximum atomic E-state index is 7.71. The zero-order valence-electron chi connectivity index (χ0n) is 17.6. The van der Waals surface area contributed by atoms with Gasteiger partial charge in [-0.2, -0.15) is 0 Å². The third-order valence-electron chi connectivity index (χ3n) is 5.90. The van der Waals surface area contributed by atoms with Crippen molar-refractivity contribution in [2.24, 2.45) is 0 Å². The lowest BCUT2D eigenvalue weighted by Crippen LogP contribution is -2.30. The maximum Gasteiger partial charge on any atom is 0.119 e. The van der Waals surface area contributed by atoms with E-state index in [9.17, 15) is 0 Å². The lowest BCUT2D eigenvalue weighted by Gasteiger charge is -2.30. The van der Waals surface area contributed by atoms with E-state index in [2.05, 4.69) is 62.1 Å². The number of benzene rings is 2. The molecule has 1 aliphatic rings. The van der Waals surface area contributed by atoms with Crippen molar-refractivity contribution in [2.45, 2.75) is 51.9 Å². The van der Waals surface area contributed by atoms with Crippen LogP contribution in [0.3, 0.4) is 0 Å². The fourth-order valence-corrected chi connectivity index (χ4v) is 4.38. The second kappa shape index (κ2) is 8.64. The zero-order valence-corrected chi connectivity index (χ0v) is 17.6. The average molecular weight is 377 g/mol. The van der Waals surface area contributed by atoms with Crippen molar-refractivity contribution in [3.8, 4) is 5.75 Å². The first-order chi connectivity index (χ1) is 13.6. The third-order valence-corrected chi connectivity index (χ3v) is 5.90. The Labute approximate surface area is 169 Å². The minimum absolute atomic E-state index is 0.192. The summed E-state index contributed by atoms with van der Waals surface area (Å²) in [6.45, 7) is 7.57. The van der Waals surface area contributed by atoms with Crippen LogP contribution in [0.15, 0.2) is 54.2 Å². The van der Waals surface area contributed by atoms with Gasteiger partial charge in [-0.1, -0.05) is 37.6 Å². The molecule has 2 aromatic rings. The van der Waals surface area contributed by atoms with Crippen LogP contribution >= 0.6 is 0 Å². The molecule has 1 unspecified atom stereocenters. The molecule has 148 valence electrons. The van der Waals surface area contributed by atoms with Gasteiger partial charge in [0.2, 0.25) is 0 Å². The first-order valence-corrected chi connectivity index (χ1v) is 10.3. The van der Waals surface area contributed by atoms with Gasteiger partial charge in [0.15, 0.2) is 0 Å². The molecule has 0 bridgehead atoms. The smallest absolute Gasteiger partial charge is 0.119 e. The molecule has 2 aromatic carbocycles. The van der Waals surface area contributed by atoms with Crippen molar-refractivity contribution >= 4 is 11.9 Å². The summed E-state index contributed by atoms with van der Waals surface area (Å²) < 4.78 is 5.52. The van der Waals surface area contributed by atoms with Gasteiger partial charge in [0, 0.05) is 29.6 Å². The summed E-state index contributed by atoms with van der Waals surface area (Å²) in [5, 5.41) is 7.71. The highest BCUT2D eigenvalue weighted by Gasteiger charge is 2.43. The second-order valence-electron chi connectivity index (χ2n) is 7.77. The van der Waals surface area contributed by atoms with E-state index in [1.54, 1.807) is 7.11 Å². The van der Waals surface area contributed by atoms with E-state index >= 15 is 0 Å². The highest BCUT2D eigenvalue weighted by atomic mass is 16.5. The zero-order chi connectivity index (χ0) is 20.1. The Morgan fingerprint density at radius 2 is 1.79 bits per heavy atom. The van der Waals surface area contributed by atoms with Crippen LogP contribution in [0.25, 0.3) is 0 Å². The van der Waals surface area contributed by atoms with Gasteiger partial charge < -0.3 is 15.0 Å². The van der Waals surface area contributed by atoms with Crippen molar-refractivity contribution in [1.82, 2.24) is 0 Å². The fourth-order valence-electron chi connectivity index (χ4n) is 4.38. The quantitative estimate of drug-likeness (QED) is 0.581. The monoisotopic (exact) mass is 376 g/mol. The summed E-state index contributed by atoms with van der Waals surface area (Å²) in [5.41, 5.74) is 6.22. The van der Waals surface area contributed by atoms with E-state index in [0.29, 0.717) is 0 Å². The van der Waals surface area contributed by atoms with Gasteiger partial charge >= 0.3 is 0 Å². The Hall–Kier alpha value is -2.55. The second-order valence-corrected chi connectivity index (χ2v) is 7.77. The summed E-state index contributed by atoms with van der Waals surface area (Å²) in [6.07, 6.45) is 7.87. The number of nitrogens with one attached hydrogen (secondary N) is 1. The molecular formula is C25H32N2O.